The van der Waals surface area contributed by atoms with Gasteiger partial charge in [0, 0.05) is 11.3 Å². The number of aryl methyl sites for hydroxylation is 1. The molecule has 2 rings (SSSR count). The predicted octanol–water partition coefficient (Wildman–Crippen LogP) is 2.64. The van der Waals surface area contributed by atoms with Crippen LogP contribution in [0.5, 0.6) is 0 Å². The Morgan fingerprint density at radius 2 is 2.07 bits per heavy atom. The molecule has 3 heteroatoms. The van der Waals surface area contributed by atoms with Gasteiger partial charge in [-0.15, -0.1) is 0 Å². The molecule has 1 N–H and O–H groups in total. The fourth-order valence-electron chi connectivity index (χ4n) is 1.26. The Morgan fingerprint density at radius 1 is 1.33 bits per heavy atom. The molecule has 0 aliphatic carbocycles. The molecule has 0 unspecified atom stereocenters. The van der Waals surface area contributed by atoms with Gasteiger partial charge in [0.2, 0.25) is 0 Å². The van der Waals surface area contributed by atoms with Gasteiger partial charge in [-0.3, -0.25) is 4.79 Å². The summed E-state index contributed by atoms with van der Waals surface area (Å²) < 4.78 is 5.08. The van der Waals surface area contributed by atoms with Crippen LogP contribution in [0.4, 0.5) is 5.69 Å². The molecule has 0 spiro atoms. The summed E-state index contributed by atoms with van der Waals surface area (Å²) in [6.07, 6.45) is 1.50. The molecule has 0 bridgehead atoms. The highest BCUT2D eigenvalue weighted by atomic mass is 16.3. The maximum Gasteiger partial charge on any atom is 0.291 e. The Kier molecular flexibility index (Phi) is 2.54. The van der Waals surface area contributed by atoms with E-state index >= 15 is 0 Å². The maximum absolute atomic E-state index is 11.7. The molecule has 3 nitrogen and oxygen atoms in total. The molecule has 0 aliphatic heterocycles. The molecule has 0 saturated heterocycles. The number of hydrogen-bond acceptors (Lipinski definition) is 2. The van der Waals surface area contributed by atoms with Crippen molar-refractivity contribution in [1.82, 2.24) is 0 Å². The maximum atomic E-state index is 11.7. The smallest absolute Gasteiger partial charge is 0.291 e. The largest absolute Gasteiger partial charge is 0.459 e. The van der Waals surface area contributed by atoms with Crippen LogP contribution in [-0.2, 0) is 0 Å². The van der Waals surface area contributed by atoms with Crippen LogP contribution in [-0.4, -0.2) is 5.91 Å². The van der Waals surface area contributed by atoms with Gasteiger partial charge in [0.05, 0.1) is 6.26 Å². The van der Waals surface area contributed by atoms with Crippen molar-refractivity contribution in [3.63, 3.8) is 0 Å². The summed E-state index contributed by atoms with van der Waals surface area (Å²) in [5.41, 5.74) is 1.56. The van der Waals surface area contributed by atoms with Gasteiger partial charge in [-0.1, -0.05) is 12.1 Å². The second-order valence-corrected chi connectivity index (χ2v) is 3.18. The molecule has 15 heavy (non-hydrogen) atoms. The zero-order chi connectivity index (χ0) is 10.7. The van der Waals surface area contributed by atoms with Crippen molar-refractivity contribution < 1.29 is 9.21 Å². The van der Waals surface area contributed by atoms with Gasteiger partial charge < -0.3 is 9.73 Å². The van der Waals surface area contributed by atoms with Gasteiger partial charge in [-0.05, 0) is 31.2 Å². The van der Waals surface area contributed by atoms with Gasteiger partial charge in [0.1, 0.15) is 0 Å². The van der Waals surface area contributed by atoms with Crippen LogP contribution < -0.4 is 5.32 Å². The number of amides is 1. The summed E-state index contributed by atoms with van der Waals surface area (Å²) in [4.78, 5) is 11.7. The second-order valence-electron chi connectivity index (χ2n) is 3.18. The van der Waals surface area contributed by atoms with Crippen LogP contribution >= 0.6 is 0 Å². The fraction of sp³-hybridized carbons (Fsp3) is 0.0833. The van der Waals surface area contributed by atoms with E-state index in [0.29, 0.717) is 5.76 Å². The second kappa shape index (κ2) is 4.00. The zero-order valence-electron chi connectivity index (χ0n) is 8.28. The summed E-state index contributed by atoms with van der Waals surface area (Å²) in [6, 6.07) is 11.7. The first-order valence-corrected chi connectivity index (χ1v) is 4.59. The third-order valence-corrected chi connectivity index (χ3v) is 2.04. The molecule has 0 saturated carbocycles. The van der Waals surface area contributed by atoms with E-state index in [-0.39, 0.29) is 5.91 Å². The van der Waals surface area contributed by atoms with Crippen molar-refractivity contribution in [3.05, 3.63) is 54.0 Å². The Bertz CT molecular complexity index is 459. The first kappa shape index (κ1) is 9.52. The van der Waals surface area contributed by atoms with Crippen LogP contribution in [0.2, 0.25) is 0 Å². The molecule has 1 aromatic heterocycles. The van der Waals surface area contributed by atoms with Crippen LogP contribution in [0.25, 0.3) is 0 Å². The van der Waals surface area contributed by atoms with Gasteiger partial charge in [-0.25, -0.2) is 0 Å². The van der Waals surface area contributed by atoms with E-state index in [2.05, 4.69) is 11.4 Å². The minimum atomic E-state index is -0.233. The summed E-state index contributed by atoms with van der Waals surface area (Å²) in [5.74, 6) is 0.117. The highest BCUT2D eigenvalue weighted by Crippen LogP contribution is 2.12. The summed E-state index contributed by atoms with van der Waals surface area (Å²) in [7, 11) is 0. The number of carbonyl (C=O) groups excluding carboxylic acids is 1. The fourth-order valence-corrected chi connectivity index (χ4v) is 1.26. The Hall–Kier alpha value is -2.03. The topological polar surface area (TPSA) is 42.2 Å². The van der Waals surface area contributed by atoms with Crippen molar-refractivity contribution in [2.75, 3.05) is 5.32 Å². The number of anilines is 1. The number of benzene rings is 1. The van der Waals surface area contributed by atoms with Crippen LogP contribution in [0.3, 0.4) is 0 Å². The van der Waals surface area contributed by atoms with Crippen molar-refractivity contribution in [3.8, 4) is 0 Å². The molecule has 2 aromatic rings. The molecule has 1 amide bonds. The van der Waals surface area contributed by atoms with Crippen molar-refractivity contribution in [2.45, 2.75) is 6.92 Å². The lowest BCUT2D eigenvalue weighted by Crippen LogP contribution is -2.11. The lowest BCUT2D eigenvalue weighted by molar-refractivity contribution is 0.0996. The molecule has 1 heterocycles. The monoisotopic (exact) mass is 200 g/mol. The van der Waals surface area contributed by atoms with E-state index in [1.165, 1.54) is 6.26 Å². The molecule has 0 aliphatic rings. The normalized spacial score (nSPS) is 9.93. The number of rotatable bonds is 2. The summed E-state index contributed by atoms with van der Waals surface area (Å²) >= 11 is 0. The highest BCUT2D eigenvalue weighted by Gasteiger charge is 2.11. The lowest BCUT2D eigenvalue weighted by Gasteiger charge is -2.02. The highest BCUT2D eigenvalue weighted by molar-refractivity contribution is 6.03. The average Bonchev–Trinajstić information content (AvgIpc) is 2.66. The lowest BCUT2D eigenvalue weighted by atomic mass is 10.2. The zero-order valence-corrected chi connectivity index (χ0v) is 8.28. The first-order chi connectivity index (χ1) is 7.27. The van der Waals surface area contributed by atoms with E-state index in [4.69, 9.17) is 4.42 Å². The third kappa shape index (κ3) is 2.07. The molecule has 1 radical (unpaired) electrons. The Balaban J connectivity index is 2.15. The number of carbonyl (C=O) groups is 1. The van der Waals surface area contributed by atoms with Gasteiger partial charge in [-0.2, -0.15) is 0 Å². The quantitative estimate of drug-likeness (QED) is 0.809. The van der Waals surface area contributed by atoms with E-state index in [0.717, 1.165) is 11.3 Å². The molecular formula is C12H10NO2. The molecular weight excluding hydrogens is 190 g/mol. The first-order valence-electron chi connectivity index (χ1n) is 4.59. The number of hydrogen-bond donors (Lipinski definition) is 1. The number of furan rings is 1. The van der Waals surface area contributed by atoms with E-state index in [1.54, 1.807) is 30.3 Å². The average molecular weight is 200 g/mol. The predicted molar refractivity (Wildman–Crippen MR) is 56.7 cm³/mol. The minimum absolute atomic E-state index is 0.233. The van der Waals surface area contributed by atoms with Crippen molar-refractivity contribution in [2.24, 2.45) is 0 Å². The van der Waals surface area contributed by atoms with E-state index in [9.17, 15) is 4.79 Å². The van der Waals surface area contributed by atoms with E-state index in [1.807, 2.05) is 6.92 Å². The van der Waals surface area contributed by atoms with Crippen LogP contribution in [0.15, 0.2) is 41.0 Å². The van der Waals surface area contributed by atoms with Crippen LogP contribution in [0, 0.1) is 13.0 Å². The molecule has 75 valence electrons. The van der Waals surface area contributed by atoms with Crippen LogP contribution in [0.1, 0.15) is 16.1 Å². The molecule has 1 aromatic carbocycles. The van der Waals surface area contributed by atoms with Crippen molar-refractivity contribution in [1.29, 1.82) is 0 Å². The summed E-state index contributed by atoms with van der Waals surface area (Å²) in [6.45, 7) is 1.83. The Morgan fingerprint density at radius 3 is 2.67 bits per heavy atom. The number of nitrogens with one attached hydrogen (secondary N) is 1. The summed E-state index contributed by atoms with van der Waals surface area (Å²) in [5, 5.41) is 2.73. The molecule has 0 fully saturated rings. The third-order valence-electron chi connectivity index (χ3n) is 2.04. The van der Waals surface area contributed by atoms with Gasteiger partial charge >= 0.3 is 0 Å². The van der Waals surface area contributed by atoms with Gasteiger partial charge in [0.25, 0.3) is 5.91 Å². The Labute approximate surface area is 87.7 Å². The SMILES string of the molecule is Cc1ccoc1C(=O)Nc1cc[c]cc1. The van der Waals surface area contributed by atoms with Crippen molar-refractivity contribution >= 4 is 11.6 Å². The van der Waals surface area contributed by atoms with E-state index < -0.39 is 0 Å². The minimum Gasteiger partial charge on any atom is -0.459 e. The standard InChI is InChI=1S/C12H10NO2/c1-9-7-8-15-11(9)12(14)13-10-5-3-2-4-6-10/h3-8H,1H3,(H,13,14). The molecule has 0 atom stereocenters. The van der Waals surface area contributed by atoms with Gasteiger partial charge in [0.15, 0.2) is 5.76 Å².